The first-order valence-electron chi connectivity index (χ1n) is 27.2. The Morgan fingerprint density at radius 2 is 0.989 bits per heavy atom. The molecule has 3 fully saturated rings. The molecule has 474 valence electrons. The van der Waals surface area contributed by atoms with Crippen molar-refractivity contribution in [2.24, 2.45) is 0 Å². The minimum absolute atomic E-state index is 0.0121. The molecule has 0 radical (unpaired) electrons. The van der Waals surface area contributed by atoms with Crippen LogP contribution in [0.4, 0.5) is 17.8 Å². The number of aromatic amines is 1. The van der Waals surface area contributed by atoms with E-state index in [9.17, 15) is 85.3 Å². The van der Waals surface area contributed by atoms with Gasteiger partial charge >= 0.3 is 0 Å². The van der Waals surface area contributed by atoms with Crippen LogP contribution in [0.3, 0.4) is 0 Å². The smallest absolute Gasteiger partial charge is 0.285 e. The number of Topliss-reactive ketones (excluding diaryl/α,β-unsaturated/α-hetero) is 1. The van der Waals surface area contributed by atoms with Crippen molar-refractivity contribution in [3.05, 3.63) is 158 Å². The summed E-state index contributed by atoms with van der Waals surface area (Å²) in [6.07, 6.45) is -13.5. The lowest BCUT2D eigenvalue weighted by Gasteiger charge is -2.27. The highest BCUT2D eigenvalue weighted by Gasteiger charge is 2.52. The van der Waals surface area contributed by atoms with Crippen molar-refractivity contribution in [2.45, 2.75) is 97.5 Å². The number of carbonyl (C=O) groups excluding carboxylic acids is 2. The Hall–Kier alpha value is -9.19. The molecule has 16 atom stereocenters. The summed E-state index contributed by atoms with van der Waals surface area (Å²) in [5.74, 6) is -0.795. The average molecular weight is 1250 g/mol. The lowest BCUT2D eigenvalue weighted by Crippen LogP contribution is -2.47. The summed E-state index contributed by atoms with van der Waals surface area (Å²) in [5.41, 5.74) is 0.366. The minimum Gasteiger partial charge on any atom is -0.394 e. The Labute approximate surface area is 501 Å². The Morgan fingerprint density at radius 1 is 0.567 bits per heavy atom. The number of rotatable bonds is 10. The number of benzene rings is 3. The van der Waals surface area contributed by atoms with Gasteiger partial charge in [-0.2, -0.15) is 15.0 Å². The number of nitrogens with zero attached hydrogens (tertiary/aromatic N) is 11. The largest absolute Gasteiger partial charge is 0.394 e. The Balaban J connectivity index is 0.000000131. The van der Waals surface area contributed by atoms with E-state index >= 15 is 0 Å². The molecule has 5 aliphatic heterocycles. The number of ether oxygens (including phenoxy) is 3. The number of hydrogen-bond acceptors (Lipinski definition) is 30. The highest BCUT2D eigenvalue weighted by molar-refractivity contribution is 6.33. The molecule has 36 heteroatoms. The average Bonchev–Trinajstić information content (AvgIpc) is 1.56. The Kier molecular flexibility index (Phi) is 17.1. The number of aliphatic hydroxyl groups excluding tert-OH is 11. The summed E-state index contributed by atoms with van der Waals surface area (Å²) in [6.45, 7) is -1.47. The highest BCUT2D eigenvalue weighted by atomic mass is 16.6. The molecule has 0 amide bonds. The summed E-state index contributed by atoms with van der Waals surface area (Å²) in [4.78, 5) is 85.2. The van der Waals surface area contributed by atoms with Gasteiger partial charge in [0.05, 0.1) is 38.8 Å². The first-order chi connectivity index (χ1) is 43.1. The third-order valence-electron chi connectivity index (χ3n) is 15.5. The summed E-state index contributed by atoms with van der Waals surface area (Å²) >= 11 is 0. The number of nitrogen functional groups attached to an aromatic ring is 1. The maximum atomic E-state index is 13.2. The lowest BCUT2D eigenvalue weighted by atomic mass is 10.0. The van der Waals surface area contributed by atoms with E-state index in [0.717, 1.165) is 9.13 Å². The number of nitrogens with two attached hydrogens (primary N) is 1. The topological polar surface area (TPSA) is 544 Å². The molecule has 3 saturated heterocycles. The van der Waals surface area contributed by atoms with Crippen LogP contribution < -0.4 is 33.0 Å². The molecule has 90 heavy (non-hydrogen) atoms. The molecule has 14 rings (SSSR count). The summed E-state index contributed by atoms with van der Waals surface area (Å²) < 4.78 is 21.9. The quantitative estimate of drug-likeness (QED) is 0.0344. The van der Waals surface area contributed by atoms with Gasteiger partial charge in [0.2, 0.25) is 35.1 Å². The molecular formula is C54H57N15O21. The fraction of sp³-hybridized carbons (Fsp3) is 0.352. The number of anilines is 3. The number of imidazole rings is 3. The number of ketones is 1. The van der Waals surface area contributed by atoms with Gasteiger partial charge < -0.3 is 97.0 Å². The second-order valence-corrected chi connectivity index (χ2v) is 20.9. The van der Waals surface area contributed by atoms with E-state index in [0.29, 0.717) is 17.4 Å². The van der Waals surface area contributed by atoms with Crippen molar-refractivity contribution < 1.29 is 90.2 Å². The zero-order valence-corrected chi connectivity index (χ0v) is 46.3. The number of fused-ring (bicyclic) bond motifs is 5. The molecule has 0 spiro atoms. The van der Waals surface area contributed by atoms with E-state index in [2.05, 4.69) is 45.5 Å². The van der Waals surface area contributed by atoms with Crippen LogP contribution in [0.2, 0.25) is 0 Å². The standard InChI is InChI=1S/2C18H19N5O7.C10H13N5O5.C8H6O2/c24-6-9-11(25)12(26)15(30-9)22-7-19-10-13(22)20-17-21-18(29,8-4-2-1-3-5-8)16(28)23(17)14(10)27;24-6-9-11(25)12(26)15(30-9)22-7-19-10-13(22)20-17-21-16(28)18(29,23(17)14(10)27)8-4-2-1-3-5-8;11-10-13-7-4(8(19)14-10)12-2-15(7)9-6(18)5(17)3(1-16)20-9;9-6-8(10)7-4-2-1-3-5-7/h2*1-5,7,9,11-12,15-16,24-26,28-29H,6H2,(H,20,21);2-3,5-6,9,16-18H,1H2,(H3,11,13,14,19);1-6H/t2*9-,11+,12?,15-,16?,18?;3-,5+,6?,9-;/m111./s1. The van der Waals surface area contributed by atoms with Gasteiger partial charge in [-0.1, -0.05) is 91.0 Å². The molecule has 11 heterocycles. The molecule has 9 aromatic rings. The number of hydrogen-bond donors (Lipinski definition) is 17. The molecule has 7 unspecified atom stereocenters. The third kappa shape index (κ3) is 10.5. The maximum Gasteiger partial charge on any atom is 0.285 e. The molecule has 0 bridgehead atoms. The minimum atomic E-state index is -2.11. The molecule has 36 nitrogen and oxygen atoms in total. The maximum absolute atomic E-state index is 13.2. The molecule has 0 aliphatic carbocycles. The monoisotopic (exact) mass is 1250 g/mol. The van der Waals surface area contributed by atoms with Crippen LogP contribution in [-0.4, -0.2) is 217 Å². The van der Waals surface area contributed by atoms with Gasteiger partial charge in [0.15, 0.2) is 70.9 Å². The van der Waals surface area contributed by atoms with Crippen molar-refractivity contribution in [3.63, 3.8) is 0 Å². The third-order valence-corrected chi connectivity index (χ3v) is 15.5. The van der Waals surface area contributed by atoms with Crippen LogP contribution in [0, 0.1) is 0 Å². The highest BCUT2D eigenvalue weighted by Crippen LogP contribution is 2.41. The fourth-order valence-corrected chi connectivity index (χ4v) is 10.8. The van der Waals surface area contributed by atoms with Crippen LogP contribution in [0.5, 0.6) is 0 Å². The van der Waals surface area contributed by atoms with Crippen LogP contribution in [0.15, 0.2) is 124 Å². The van der Waals surface area contributed by atoms with Gasteiger partial charge in [-0.25, -0.2) is 24.1 Å². The molecule has 18 N–H and O–H groups in total. The fourth-order valence-electron chi connectivity index (χ4n) is 10.8. The first kappa shape index (κ1) is 62.4. The van der Waals surface area contributed by atoms with Gasteiger partial charge in [0, 0.05) is 16.7 Å². The van der Waals surface area contributed by atoms with Crippen molar-refractivity contribution in [3.8, 4) is 0 Å². The van der Waals surface area contributed by atoms with Crippen LogP contribution in [0.25, 0.3) is 33.5 Å². The van der Waals surface area contributed by atoms with Gasteiger partial charge in [0.1, 0.15) is 54.9 Å². The Bertz CT molecular complexity index is 4290. The number of nitrogens with one attached hydrogen (secondary N) is 3. The van der Waals surface area contributed by atoms with Crippen molar-refractivity contribution in [1.29, 1.82) is 0 Å². The molecule has 0 saturated carbocycles. The molecule has 3 aromatic carbocycles. The number of aliphatic hydroxyl groups is 13. The molecule has 5 aliphatic rings. The van der Waals surface area contributed by atoms with Crippen molar-refractivity contribution in [1.82, 2.24) is 57.7 Å². The van der Waals surface area contributed by atoms with Crippen LogP contribution in [0.1, 0.15) is 46.4 Å². The van der Waals surface area contributed by atoms with E-state index in [4.69, 9.17) is 25.1 Å². The van der Waals surface area contributed by atoms with E-state index in [1.807, 2.05) is 0 Å². The molecular weight excluding hydrogens is 1190 g/mol. The SMILES string of the molecule is Nc1nc2c(ncn2[C@@H]2O[C@H](CO)[C@H](O)C2O)c(=O)[nH]1.O=CC(=O)c1ccccc1.O=c1c2ncn([C@@H]3O[C@H](CO)[C@H](O)C3O)c2nc2n1C(O)(c1ccccc1)C(O)N2.O=c1c2ncn([C@@H]3O[C@H](CO)[C@H](O)C3O)c2nc2n1C(O)C(O)(c1ccccc1)N2. The summed E-state index contributed by atoms with van der Waals surface area (Å²) in [6, 6.07) is 24.9. The Morgan fingerprint density at radius 3 is 1.44 bits per heavy atom. The zero-order chi connectivity index (χ0) is 64.2. The van der Waals surface area contributed by atoms with Crippen molar-refractivity contribution >= 4 is 63.4 Å². The normalized spacial score (nSPS) is 29.7. The predicted octanol–water partition coefficient (Wildman–Crippen LogP) is -6.01. The number of H-pyrrole nitrogens is 1. The summed E-state index contributed by atoms with van der Waals surface area (Å²) in [7, 11) is 0. The van der Waals surface area contributed by atoms with Crippen molar-refractivity contribution in [2.75, 3.05) is 36.2 Å². The number of aldehydes is 1. The first-order valence-corrected chi connectivity index (χ1v) is 27.2. The molecule has 6 aromatic heterocycles. The van der Waals surface area contributed by atoms with Gasteiger partial charge in [-0.3, -0.25) is 42.7 Å². The second-order valence-electron chi connectivity index (χ2n) is 20.9. The lowest BCUT2D eigenvalue weighted by molar-refractivity contribution is -0.104. The van der Waals surface area contributed by atoms with E-state index in [1.54, 1.807) is 91.0 Å². The van der Waals surface area contributed by atoms with Gasteiger partial charge in [0.25, 0.3) is 16.7 Å². The van der Waals surface area contributed by atoms with Gasteiger partial charge in [-0.05, 0) is 0 Å². The van der Waals surface area contributed by atoms with Crippen LogP contribution in [-0.2, 0) is 30.5 Å². The van der Waals surface area contributed by atoms with E-state index < -0.39 is 140 Å². The zero-order valence-electron chi connectivity index (χ0n) is 46.3. The second kappa shape index (κ2) is 24.6. The number of carbonyl (C=O) groups is 2. The van der Waals surface area contributed by atoms with E-state index in [1.165, 1.54) is 32.7 Å². The van der Waals surface area contributed by atoms with Crippen LogP contribution >= 0.6 is 0 Å². The van der Waals surface area contributed by atoms with Gasteiger partial charge in [-0.15, -0.1) is 0 Å². The summed E-state index contributed by atoms with van der Waals surface area (Å²) in [5, 5.41) is 137. The predicted molar refractivity (Wildman–Crippen MR) is 303 cm³/mol. The van der Waals surface area contributed by atoms with E-state index in [-0.39, 0.29) is 56.9 Å². The number of aromatic nitrogens is 12.